The molecule has 1 rings (SSSR count). The molecule has 0 aliphatic heterocycles. The molecule has 6 nitrogen and oxygen atoms in total. The quantitative estimate of drug-likeness (QED) is 0.456. The van der Waals surface area contributed by atoms with Crippen molar-refractivity contribution >= 4 is 11.9 Å². The van der Waals surface area contributed by atoms with E-state index in [2.05, 4.69) is 15.0 Å². The maximum Gasteiger partial charge on any atom is 0.141 e. The highest BCUT2D eigenvalue weighted by Crippen LogP contribution is 2.10. The van der Waals surface area contributed by atoms with E-state index in [1.165, 1.54) is 0 Å². The van der Waals surface area contributed by atoms with Crippen molar-refractivity contribution in [2.24, 2.45) is 5.11 Å². The van der Waals surface area contributed by atoms with Gasteiger partial charge in [-0.2, -0.15) is 5.26 Å². The Morgan fingerprint density at radius 1 is 1.73 bits per heavy atom. The zero-order chi connectivity index (χ0) is 11.1. The van der Waals surface area contributed by atoms with Gasteiger partial charge in [-0.1, -0.05) is 17.3 Å². The number of rotatable bonds is 3. The highest BCUT2D eigenvalue weighted by Gasteiger charge is 1.98. The third-order valence-corrected chi connectivity index (χ3v) is 1.62. The van der Waals surface area contributed by atoms with Gasteiger partial charge in [-0.25, -0.2) is 4.98 Å². The number of hydrogen-bond acceptors (Lipinski definition) is 4. The van der Waals surface area contributed by atoms with Crippen LogP contribution in [0.25, 0.3) is 16.5 Å². The van der Waals surface area contributed by atoms with Crippen LogP contribution in [0.2, 0.25) is 0 Å². The molecule has 74 valence electrons. The van der Waals surface area contributed by atoms with E-state index >= 15 is 0 Å². The fourth-order valence-electron chi connectivity index (χ4n) is 0.945. The van der Waals surface area contributed by atoms with Gasteiger partial charge in [0.15, 0.2) is 0 Å². The topological polar surface area (TPSA) is 111 Å². The second-order valence-corrected chi connectivity index (χ2v) is 2.63. The lowest BCUT2D eigenvalue weighted by Gasteiger charge is -1.97. The predicted octanol–water partition coefficient (Wildman–Crippen LogP) is 1.86. The summed E-state index contributed by atoms with van der Waals surface area (Å²) in [5, 5.41) is 12.0. The van der Waals surface area contributed by atoms with Crippen LogP contribution in [0.1, 0.15) is 11.1 Å². The average molecular weight is 200 g/mol. The number of azide groups is 1. The van der Waals surface area contributed by atoms with Crippen molar-refractivity contribution in [2.75, 3.05) is 12.3 Å². The van der Waals surface area contributed by atoms with Gasteiger partial charge in [0.05, 0.1) is 5.56 Å². The van der Waals surface area contributed by atoms with E-state index in [4.69, 9.17) is 16.5 Å². The molecule has 0 bridgehead atoms. The van der Waals surface area contributed by atoms with Gasteiger partial charge in [-0.3, -0.25) is 0 Å². The van der Waals surface area contributed by atoms with Crippen LogP contribution in [0.15, 0.2) is 23.5 Å². The molecule has 1 heterocycles. The van der Waals surface area contributed by atoms with Crippen LogP contribution in [0, 0.1) is 11.3 Å². The summed E-state index contributed by atoms with van der Waals surface area (Å²) in [5.41, 5.74) is 14.6. The lowest BCUT2D eigenvalue weighted by molar-refractivity contribution is 1.22. The third kappa shape index (κ3) is 3.03. The summed E-state index contributed by atoms with van der Waals surface area (Å²) in [7, 11) is 0. The zero-order valence-electron chi connectivity index (χ0n) is 7.83. The largest absolute Gasteiger partial charge is 0.383 e. The fraction of sp³-hybridized carbons (Fsp3) is 0.111. The van der Waals surface area contributed by atoms with Gasteiger partial charge < -0.3 is 5.73 Å². The van der Waals surface area contributed by atoms with Gasteiger partial charge in [0.25, 0.3) is 0 Å². The maximum absolute atomic E-state index is 8.69. The predicted molar refractivity (Wildman–Crippen MR) is 56.4 cm³/mol. The summed E-state index contributed by atoms with van der Waals surface area (Å²) < 4.78 is 0. The van der Waals surface area contributed by atoms with Gasteiger partial charge in [-0.15, -0.1) is 0 Å². The van der Waals surface area contributed by atoms with E-state index in [1.54, 1.807) is 24.4 Å². The standard InChI is InChI=1S/C9H8N6/c10-5-8-4-7(6-13-9(8)11)2-1-3-14-15-12/h1-2,4,6H,3H2,(H2,11,13). The first-order valence-electron chi connectivity index (χ1n) is 4.11. The molecule has 0 spiro atoms. The van der Waals surface area contributed by atoms with Gasteiger partial charge in [0.2, 0.25) is 0 Å². The summed E-state index contributed by atoms with van der Waals surface area (Å²) in [6.07, 6.45) is 4.93. The number of aromatic nitrogens is 1. The van der Waals surface area contributed by atoms with Crippen molar-refractivity contribution in [2.45, 2.75) is 0 Å². The molecule has 1 aromatic heterocycles. The lowest BCUT2D eigenvalue weighted by Crippen LogP contribution is -1.94. The molecular formula is C9H8N6. The summed E-state index contributed by atoms with van der Waals surface area (Å²) in [5.74, 6) is 0.213. The van der Waals surface area contributed by atoms with Gasteiger partial charge >= 0.3 is 0 Å². The number of nitrogens with zero attached hydrogens (tertiary/aromatic N) is 5. The molecule has 0 unspecified atom stereocenters. The molecular weight excluding hydrogens is 192 g/mol. The van der Waals surface area contributed by atoms with Crippen LogP contribution in [-0.4, -0.2) is 11.5 Å². The summed E-state index contributed by atoms with van der Waals surface area (Å²) >= 11 is 0. The van der Waals surface area contributed by atoms with E-state index in [9.17, 15) is 0 Å². The number of anilines is 1. The first kappa shape index (κ1) is 10.6. The molecule has 0 aliphatic rings. The van der Waals surface area contributed by atoms with E-state index in [0.29, 0.717) is 5.56 Å². The first-order valence-corrected chi connectivity index (χ1v) is 4.11. The smallest absolute Gasteiger partial charge is 0.141 e. The molecule has 0 fully saturated rings. The third-order valence-electron chi connectivity index (χ3n) is 1.62. The Hall–Kier alpha value is -2.51. The molecule has 0 saturated carbocycles. The molecule has 1 aromatic rings. The summed E-state index contributed by atoms with van der Waals surface area (Å²) in [6.45, 7) is 0.267. The van der Waals surface area contributed by atoms with Crippen molar-refractivity contribution in [3.8, 4) is 6.07 Å². The lowest BCUT2D eigenvalue weighted by atomic mass is 10.2. The van der Waals surface area contributed by atoms with Crippen LogP contribution in [0.4, 0.5) is 5.82 Å². The number of nitrogens with two attached hydrogens (primary N) is 1. The molecule has 0 aromatic carbocycles. The van der Waals surface area contributed by atoms with Crippen LogP contribution in [-0.2, 0) is 0 Å². The molecule has 0 saturated heterocycles. The Labute approximate surface area is 86.3 Å². The zero-order valence-corrected chi connectivity index (χ0v) is 7.83. The highest BCUT2D eigenvalue weighted by molar-refractivity contribution is 5.57. The molecule has 6 heteroatoms. The van der Waals surface area contributed by atoms with Crippen molar-refractivity contribution in [3.05, 3.63) is 39.9 Å². The SMILES string of the molecule is N#Cc1cc(C=CCN=[N+]=[N-])cnc1N. The van der Waals surface area contributed by atoms with Crippen LogP contribution < -0.4 is 5.73 Å². The van der Waals surface area contributed by atoms with E-state index in [1.807, 2.05) is 6.07 Å². The Kier molecular flexibility index (Phi) is 3.71. The highest BCUT2D eigenvalue weighted by atomic mass is 15.1. The van der Waals surface area contributed by atoms with Gasteiger partial charge in [0, 0.05) is 17.7 Å². The normalized spacial score (nSPS) is 9.53. The van der Waals surface area contributed by atoms with Crippen molar-refractivity contribution in [3.63, 3.8) is 0 Å². The maximum atomic E-state index is 8.69. The Morgan fingerprint density at radius 3 is 3.20 bits per heavy atom. The van der Waals surface area contributed by atoms with E-state index in [0.717, 1.165) is 5.56 Å². The summed E-state index contributed by atoms with van der Waals surface area (Å²) in [4.78, 5) is 6.45. The van der Waals surface area contributed by atoms with Crippen LogP contribution in [0.3, 0.4) is 0 Å². The van der Waals surface area contributed by atoms with Gasteiger partial charge in [-0.05, 0) is 17.2 Å². The number of hydrogen-bond donors (Lipinski definition) is 1. The molecule has 0 atom stereocenters. The minimum atomic E-state index is 0.213. The first-order chi connectivity index (χ1) is 7.27. The Bertz CT molecular complexity index is 464. The molecule has 15 heavy (non-hydrogen) atoms. The van der Waals surface area contributed by atoms with Crippen LogP contribution >= 0.6 is 0 Å². The van der Waals surface area contributed by atoms with Crippen molar-refractivity contribution < 1.29 is 0 Å². The Morgan fingerprint density at radius 2 is 2.53 bits per heavy atom. The number of nitrogen functional groups attached to an aromatic ring is 1. The molecule has 0 amide bonds. The van der Waals surface area contributed by atoms with Crippen molar-refractivity contribution in [1.29, 1.82) is 5.26 Å². The molecule has 0 aliphatic carbocycles. The number of nitriles is 1. The Balaban J connectivity index is 2.84. The van der Waals surface area contributed by atoms with Crippen LogP contribution in [0.5, 0.6) is 0 Å². The van der Waals surface area contributed by atoms with E-state index in [-0.39, 0.29) is 12.4 Å². The van der Waals surface area contributed by atoms with Gasteiger partial charge in [0.1, 0.15) is 11.9 Å². The fourth-order valence-corrected chi connectivity index (χ4v) is 0.945. The number of pyridine rings is 1. The average Bonchev–Trinajstić information content (AvgIpc) is 2.26. The van der Waals surface area contributed by atoms with E-state index < -0.39 is 0 Å². The van der Waals surface area contributed by atoms with Crippen molar-refractivity contribution in [1.82, 2.24) is 4.98 Å². The summed E-state index contributed by atoms with van der Waals surface area (Å²) in [6, 6.07) is 3.55. The minimum absolute atomic E-state index is 0.213. The second kappa shape index (κ2) is 5.27. The molecule has 2 N–H and O–H groups in total. The monoisotopic (exact) mass is 200 g/mol. The second-order valence-electron chi connectivity index (χ2n) is 2.63. The molecule has 0 radical (unpaired) electrons. The minimum Gasteiger partial charge on any atom is -0.383 e.